The van der Waals surface area contributed by atoms with E-state index in [-0.39, 0.29) is 5.91 Å². The van der Waals surface area contributed by atoms with Crippen molar-refractivity contribution in [3.05, 3.63) is 34.8 Å². The SMILES string of the molecule is CCCN(C(=O)c1cc(C)n(-c2cc(C)on2)c1C)C1CCNCC1. The third-order valence-corrected chi connectivity index (χ3v) is 4.98. The molecule has 6 nitrogen and oxygen atoms in total. The minimum atomic E-state index is 0.133. The highest BCUT2D eigenvalue weighted by atomic mass is 16.5. The Morgan fingerprint density at radius 2 is 2.04 bits per heavy atom. The molecule has 0 unspecified atom stereocenters. The summed E-state index contributed by atoms with van der Waals surface area (Å²) in [4.78, 5) is 15.4. The molecule has 2 aromatic rings. The van der Waals surface area contributed by atoms with Gasteiger partial charge in [-0.1, -0.05) is 12.1 Å². The molecule has 0 radical (unpaired) electrons. The first kappa shape index (κ1) is 17.7. The van der Waals surface area contributed by atoms with Crippen LogP contribution in [-0.2, 0) is 0 Å². The van der Waals surface area contributed by atoms with Crippen LogP contribution in [0.3, 0.4) is 0 Å². The van der Waals surface area contributed by atoms with Gasteiger partial charge in [-0.2, -0.15) is 0 Å². The van der Waals surface area contributed by atoms with Gasteiger partial charge in [-0.3, -0.25) is 9.36 Å². The van der Waals surface area contributed by atoms with Gasteiger partial charge in [0.05, 0.1) is 5.56 Å². The molecule has 0 atom stereocenters. The van der Waals surface area contributed by atoms with Crippen molar-refractivity contribution in [3.8, 4) is 5.82 Å². The standard InChI is InChI=1S/C19H28N4O2/c1-5-10-22(16-6-8-20-9-7-16)19(24)17-11-13(2)23(15(17)4)18-12-14(3)25-21-18/h11-12,16,20H,5-10H2,1-4H3. The zero-order chi connectivity index (χ0) is 18.0. The summed E-state index contributed by atoms with van der Waals surface area (Å²) in [6.45, 7) is 10.7. The molecule has 6 heteroatoms. The van der Waals surface area contributed by atoms with Crippen LogP contribution in [0.25, 0.3) is 5.82 Å². The van der Waals surface area contributed by atoms with Crippen LogP contribution in [-0.4, -0.2) is 46.2 Å². The predicted molar refractivity (Wildman–Crippen MR) is 97.3 cm³/mol. The summed E-state index contributed by atoms with van der Waals surface area (Å²) < 4.78 is 7.20. The van der Waals surface area contributed by atoms with Crippen LogP contribution in [0.4, 0.5) is 0 Å². The minimum absolute atomic E-state index is 0.133. The second kappa shape index (κ2) is 7.44. The Bertz CT molecular complexity index is 741. The molecule has 0 spiro atoms. The number of carbonyl (C=O) groups is 1. The molecule has 1 N–H and O–H groups in total. The number of amides is 1. The molecule has 3 heterocycles. The molecule has 0 saturated carbocycles. The molecule has 3 rings (SSSR count). The van der Waals surface area contributed by atoms with Crippen molar-refractivity contribution in [2.45, 2.75) is 53.0 Å². The second-order valence-electron chi connectivity index (χ2n) is 6.90. The van der Waals surface area contributed by atoms with E-state index >= 15 is 0 Å². The normalized spacial score (nSPS) is 15.5. The summed E-state index contributed by atoms with van der Waals surface area (Å²) in [5, 5.41) is 7.48. The summed E-state index contributed by atoms with van der Waals surface area (Å²) in [6.07, 6.45) is 3.01. The average molecular weight is 344 g/mol. The van der Waals surface area contributed by atoms with Crippen molar-refractivity contribution in [2.75, 3.05) is 19.6 Å². The number of aryl methyl sites for hydroxylation is 2. The lowest BCUT2D eigenvalue weighted by molar-refractivity contribution is 0.0642. The Morgan fingerprint density at radius 3 is 2.64 bits per heavy atom. The summed E-state index contributed by atoms with van der Waals surface area (Å²) in [5.74, 6) is 1.63. The van der Waals surface area contributed by atoms with Crippen LogP contribution in [0, 0.1) is 20.8 Å². The number of nitrogens with zero attached hydrogens (tertiary/aromatic N) is 3. The van der Waals surface area contributed by atoms with E-state index in [0.717, 1.165) is 67.4 Å². The van der Waals surface area contributed by atoms with Gasteiger partial charge < -0.3 is 14.7 Å². The van der Waals surface area contributed by atoms with E-state index in [9.17, 15) is 4.79 Å². The van der Waals surface area contributed by atoms with Crippen molar-refractivity contribution in [1.29, 1.82) is 0 Å². The molecule has 2 aromatic heterocycles. The maximum Gasteiger partial charge on any atom is 0.255 e. The van der Waals surface area contributed by atoms with Gasteiger partial charge in [-0.15, -0.1) is 0 Å². The van der Waals surface area contributed by atoms with Gasteiger partial charge in [0.2, 0.25) is 0 Å². The molecule has 1 aliphatic rings. The van der Waals surface area contributed by atoms with Crippen LogP contribution < -0.4 is 5.32 Å². The molecule has 0 aromatic carbocycles. The lowest BCUT2D eigenvalue weighted by Gasteiger charge is -2.34. The maximum absolute atomic E-state index is 13.3. The van der Waals surface area contributed by atoms with Gasteiger partial charge in [-0.05, 0) is 59.2 Å². The second-order valence-corrected chi connectivity index (χ2v) is 6.90. The van der Waals surface area contributed by atoms with Crippen molar-refractivity contribution in [3.63, 3.8) is 0 Å². The topological polar surface area (TPSA) is 63.3 Å². The summed E-state index contributed by atoms with van der Waals surface area (Å²) in [5.41, 5.74) is 2.69. The van der Waals surface area contributed by atoms with Gasteiger partial charge in [0.15, 0.2) is 5.82 Å². The summed E-state index contributed by atoms with van der Waals surface area (Å²) in [7, 11) is 0. The third kappa shape index (κ3) is 3.49. The van der Waals surface area contributed by atoms with E-state index < -0.39 is 0 Å². The number of aromatic nitrogens is 2. The molecule has 0 aliphatic carbocycles. The molecule has 25 heavy (non-hydrogen) atoms. The minimum Gasteiger partial charge on any atom is -0.360 e. The van der Waals surface area contributed by atoms with Crippen molar-refractivity contribution >= 4 is 5.91 Å². The van der Waals surface area contributed by atoms with E-state index in [2.05, 4.69) is 22.3 Å². The zero-order valence-electron chi connectivity index (χ0n) is 15.6. The fraction of sp³-hybridized carbons (Fsp3) is 0.579. The number of rotatable bonds is 5. The van der Waals surface area contributed by atoms with E-state index in [1.54, 1.807) is 0 Å². The number of nitrogens with one attached hydrogen (secondary N) is 1. The monoisotopic (exact) mass is 344 g/mol. The first-order chi connectivity index (χ1) is 12.0. The lowest BCUT2D eigenvalue weighted by atomic mass is 10.0. The van der Waals surface area contributed by atoms with Crippen LogP contribution in [0.2, 0.25) is 0 Å². The largest absolute Gasteiger partial charge is 0.360 e. The van der Waals surface area contributed by atoms with E-state index in [4.69, 9.17) is 4.52 Å². The summed E-state index contributed by atoms with van der Waals surface area (Å²) in [6, 6.07) is 4.20. The highest BCUT2D eigenvalue weighted by Gasteiger charge is 2.28. The fourth-order valence-corrected chi connectivity index (χ4v) is 3.75. The van der Waals surface area contributed by atoms with Gasteiger partial charge >= 0.3 is 0 Å². The van der Waals surface area contributed by atoms with E-state index in [1.807, 2.05) is 37.5 Å². The van der Waals surface area contributed by atoms with Crippen LogP contribution in [0.15, 0.2) is 16.7 Å². The van der Waals surface area contributed by atoms with Crippen LogP contribution in [0.1, 0.15) is 53.7 Å². The van der Waals surface area contributed by atoms with Gasteiger partial charge in [0.25, 0.3) is 5.91 Å². The predicted octanol–water partition coefficient (Wildman–Crippen LogP) is 2.99. The highest BCUT2D eigenvalue weighted by molar-refractivity contribution is 5.96. The van der Waals surface area contributed by atoms with Crippen LogP contribution in [0.5, 0.6) is 0 Å². The first-order valence-electron chi connectivity index (χ1n) is 9.17. The third-order valence-electron chi connectivity index (χ3n) is 4.98. The van der Waals surface area contributed by atoms with Gasteiger partial charge in [-0.25, -0.2) is 0 Å². The highest BCUT2D eigenvalue weighted by Crippen LogP contribution is 2.24. The lowest BCUT2D eigenvalue weighted by Crippen LogP contribution is -2.46. The quantitative estimate of drug-likeness (QED) is 0.906. The van der Waals surface area contributed by atoms with Crippen molar-refractivity contribution in [2.24, 2.45) is 0 Å². The number of carbonyl (C=O) groups excluding carboxylic acids is 1. The Hall–Kier alpha value is -2.08. The summed E-state index contributed by atoms with van der Waals surface area (Å²) >= 11 is 0. The smallest absolute Gasteiger partial charge is 0.255 e. The molecule has 1 fully saturated rings. The molecule has 0 bridgehead atoms. The Balaban J connectivity index is 1.92. The number of piperidine rings is 1. The van der Waals surface area contributed by atoms with Gasteiger partial charge in [0, 0.05) is 30.0 Å². The Morgan fingerprint density at radius 1 is 1.32 bits per heavy atom. The molecule has 1 saturated heterocycles. The molecule has 136 valence electrons. The number of hydrogen-bond donors (Lipinski definition) is 1. The van der Waals surface area contributed by atoms with E-state index in [0.29, 0.717) is 6.04 Å². The molecule has 1 aliphatic heterocycles. The average Bonchev–Trinajstić information content (AvgIpc) is 3.15. The molecular weight excluding hydrogens is 316 g/mol. The van der Waals surface area contributed by atoms with E-state index in [1.165, 1.54) is 0 Å². The Kier molecular flexibility index (Phi) is 5.27. The fourth-order valence-electron chi connectivity index (χ4n) is 3.75. The Labute approximate surface area is 149 Å². The number of hydrogen-bond acceptors (Lipinski definition) is 4. The van der Waals surface area contributed by atoms with Gasteiger partial charge in [0.1, 0.15) is 5.76 Å². The van der Waals surface area contributed by atoms with Crippen molar-refractivity contribution < 1.29 is 9.32 Å². The molecular formula is C19H28N4O2. The maximum atomic E-state index is 13.3. The van der Waals surface area contributed by atoms with Crippen molar-refractivity contribution in [1.82, 2.24) is 19.9 Å². The first-order valence-corrected chi connectivity index (χ1v) is 9.17. The zero-order valence-corrected chi connectivity index (χ0v) is 15.6. The molecule has 1 amide bonds. The van der Waals surface area contributed by atoms with Crippen LogP contribution >= 0.6 is 0 Å².